The van der Waals surface area contributed by atoms with Gasteiger partial charge in [-0.15, -0.1) is 0 Å². The van der Waals surface area contributed by atoms with Crippen molar-refractivity contribution in [3.63, 3.8) is 0 Å². The van der Waals surface area contributed by atoms with Gasteiger partial charge in [0, 0.05) is 7.11 Å². The third kappa shape index (κ3) is 6.73. The lowest BCUT2D eigenvalue weighted by molar-refractivity contribution is -0.312. The first-order valence-corrected chi connectivity index (χ1v) is 11.5. The molecule has 1 fully saturated rings. The van der Waals surface area contributed by atoms with Gasteiger partial charge in [-0.05, 0) is 16.7 Å². The van der Waals surface area contributed by atoms with Gasteiger partial charge in [-0.3, -0.25) is 0 Å². The molecule has 34 heavy (non-hydrogen) atoms. The highest BCUT2D eigenvalue weighted by Crippen LogP contribution is 2.29. The Morgan fingerprint density at radius 3 is 1.62 bits per heavy atom. The molecule has 6 heteroatoms. The van der Waals surface area contributed by atoms with E-state index in [0.717, 1.165) is 16.7 Å². The van der Waals surface area contributed by atoms with Crippen molar-refractivity contribution in [2.75, 3.05) is 13.7 Å². The van der Waals surface area contributed by atoms with Gasteiger partial charge < -0.3 is 28.8 Å². The van der Waals surface area contributed by atoms with Gasteiger partial charge in [0.25, 0.3) is 0 Å². The molecule has 0 aromatic heterocycles. The van der Waals surface area contributed by atoms with Crippen LogP contribution in [0.25, 0.3) is 0 Å². The molecule has 0 spiro atoms. The summed E-state index contributed by atoms with van der Waals surface area (Å²) < 4.78 is 30.1. The first-order chi connectivity index (χ1) is 16.7. The lowest BCUT2D eigenvalue weighted by Gasteiger charge is -2.44. The van der Waals surface area contributed by atoms with E-state index in [1.165, 1.54) is 0 Å². The van der Waals surface area contributed by atoms with Crippen molar-refractivity contribution in [1.29, 1.82) is 0 Å². The predicted octanol–water partition coefficient (Wildman–Crippen LogP) is 4.11. The predicted molar refractivity (Wildman–Crippen MR) is 128 cm³/mol. The summed E-state index contributed by atoms with van der Waals surface area (Å²) in [7, 11) is 1.60. The number of hydrogen-bond acceptors (Lipinski definition) is 6. The van der Waals surface area contributed by atoms with E-state index in [1.54, 1.807) is 7.11 Å². The standard InChI is InChI=1S/C28H32O6/c1-30-26-25(32-18-22-13-7-3-8-14-22)24(20-31-17-21-11-5-2-6-12-21)34-28(29)27(26)33-19-23-15-9-4-10-16-23/h2-16,24-29H,17-20H2,1H3/t24-,25+,26+,27-,28+/m1/s1. The Morgan fingerprint density at radius 2 is 1.12 bits per heavy atom. The summed E-state index contributed by atoms with van der Waals surface area (Å²) in [5, 5.41) is 10.8. The van der Waals surface area contributed by atoms with E-state index >= 15 is 0 Å². The van der Waals surface area contributed by atoms with Crippen LogP contribution in [0.4, 0.5) is 0 Å². The number of methoxy groups -OCH3 is 1. The molecule has 0 unspecified atom stereocenters. The Morgan fingerprint density at radius 1 is 0.647 bits per heavy atom. The summed E-state index contributed by atoms with van der Waals surface area (Å²) in [4.78, 5) is 0. The van der Waals surface area contributed by atoms with Crippen LogP contribution in [-0.4, -0.2) is 49.5 Å². The quantitative estimate of drug-likeness (QED) is 0.461. The average molecular weight is 465 g/mol. The third-order valence-electron chi connectivity index (χ3n) is 5.85. The molecule has 3 aromatic carbocycles. The maximum atomic E-state index is 10.8. The van der Waals surface area contributed by atoms with Crippen LogP contribution in [0.1, 0.15) is 16.7 Å². The van der Waals surface area contributed by atoms with E-state index < -0.39 is 30.7 Å². The van der Waals surface area contributed by atoms with Crippen LogP contribution in [-0.2, 0) is 43.5 Å². The molecule has 1 saturated heterocycles. The Hall–Kier alpha value is -2.58. The Labute approximate surface area is 201 Å². The summed E-state index contributed by atoms with van der Waals surface area (Å²) in [5.74, 6) is 0. The molecule has 0 saturated carbocycles. The molecule has 0 radical (unpaired) electrons. The molecular weight excluding hydrogens is 432 g/mol. The van der Waals surface area contributed by atoms with E-state index in [4.69, 9.17) is 23.7 Å². The van der Waals surface area contributed by atoms with E-state index in [9.17, 15) is 5.11 Å². The van der Waals surface area contributed by atoms with Crippen molar-refractivity contribution in [2.45, 2.75) is 50.5 Å². The van der Waals surface area contributed by atoms with Gasteiger partial charge in [0.15, 0.2) is 6.29 Å². The molecule has 0 aliphatic carbocycles. The normalized spacial score (nSPS) is 24.7. The van der Waals surface area contributed by atoms with Crippen LogP contribution in [0.3, 0.4) is 0 Å². The highest BCUT2D eigenvalue weighted by Gasteiger charge is 2.47. The van der Waals surface area contributed by atoms with Gasteiger partial charge in [0.2, 0.25) is 0 Å². The van der Waals surface area contributed by atoms with Crippen molar-refractivity contribution in [2.24, 2.45) is 0 Å². The maximum absolute atomic E-state index is 10.8. The summed E-state index contributed by atoms with van der Waals surface area (Å²) in [6.45, 7) is 1.39. The fourth-order valence-corrected chi connectivity index (χ4v) is 4.08. The Kier molecular flexibility index (Phi) is 9.21. The van der Waals surface area contributed by atoms with Crippen molar-refractivity contribution in [3.05, 3.63) is 108 Å². The van der Waals surface area contributed by atoms with Crippen LogP contribution >= 0.6 is 0 Å². The highest BCUT2D eigenvalue weighted by molar-refractivity contribution is 5.15. The molecule has 3 aromatic rings. The Balaban J connectivity index is 1.45. The molecular formula is C28H32O6. The molecule has 1 aliphatic heterocycles. The Bertz CT molecular complexity index is 952. The lowest BCUT2D eigenvalue weighted by Crippen LogP contribution is -2.61. The highest BCUT2D eigenvalue weighted by atomic mass is 16.7. The smallest absolute Gasteiger partial charge is 0.184 e. The summed E-state index contributed by atoms with van der Waals surface area (Å²) >= 11 is 0. The maximum Gasteiger partial charge on any atom is 0.184 e. The molecule has 5 atom stereocenters. The van der Waals surface area contributed by atoms with Gasteiger partial charge in [-0.1, -0.05) is 91.0 Å². The van der Waals surface area contributed by atoms with E-state index in [2.05, 4.69) is 0 Å². The number of aliphatic hydroxyl groups is 1. The second-order valence-electron chi connectivity index (χ2n) is 8.29. The second-order valence-corrected chi connectivity index (χ2v) is 8.29. The zero-order chi connectivity index (χ0) is 23.6. The first-order valence-electron chi connectivity index (χ1n) is 11.5. The number of rotatable bonds is 11. The second kappa shape index (κ2) is 12.8. The fraction of sp³-hybridized carbons (Fsp3) is 0.357. The lowest BCUT2D eigenvalue weighted by atomic mass is 9.98. The summed E-state index contributed by atoms with van der Waals surface area (Å²) in [6, 6.07) is 29.6. The molecule has 180 valence electrons. The minimum Gasteiger partial charge on any atom is -0.376 e. The monoisotopic (exact) mass is 464 g/mol. The van der Waals surface area contributed by atoms with Crippen molar-refractivity contribution >= 4 is 0 Å². The van der Waals surface area contributed by atoms with Crippen LogP contribution in [0.2, 0.25) is 0 Å². The molecule has 1 aliphatic rings. The van der Waals surface area contributed by atoms with Crippen LogP contribution in [0.15, 0.2) is 91.0 Å². The van der Waals surface area contributed by atoms with Gasteiger partial charge in [-0.25, -0.2) is 0 Å². The summed E-state index contributed by atoms with van der Waals surface area (Å²) in [6.07, 6.45) is -3.44. The molecule has 1 N–H and O–H groups in total. The minimum absolute atomic E-state index is 0.247. The van der Waals surface area contributed by atoms with Crippen LogP contribution < -0.4 is 0 Å². The van der Waals surface area contributed by atoms with Gasteiger partial charge in [0.1, 0.15) is 24.4 Å². The molecule has 4 rings (SSSR count). The van der Waals surface area contributed by atoms with Gasteiger partial charge in [0.05, 0.1) is 26.4 Å². The molecule has 6 nitrogen and oxygen atoms in total. The zero-order valence-electron chi connectivity index (χ0n) is 19.4. The van der Waals surface area contributed by atoms with E-state index in [0.29, 0.717) is 19.8 Å². The molecule has 1 heterocycles. The number of hydrogen-bond donors (Lipinski definition) is 1. The summed E-state index contributed by atoms with van der Waals surface area (Å²) in [5.41, 5.74) is 3.10. The third-order valence-corrected chi connectivity index (χ3v) is 5.85. The average Bonchev–Trinajstić information content (AvgIpc) is 2.89. The van der Waals surface area contributed by atoms with Crippen LogP contribution in [0, 0.1) is 0 Å². The van der Waals surface area contributed by atoms with Gasteiger partial charge >= 0.3 is 0 Å². The number of benzene rings is 3. The molecule has 0 amide bonds. The minimum atomic E-state index is -1.17. The topological polar surface area (TPSA) is 66.4 Å². The van der Waals surface area contributed by atoms with Crippen molar-refractivity contribution in [3.8, 4) is 0 Å². The molecule has 0 bridgehead atoms. The first kappa shape index (κ1) is 24.5. The van der Waals surface area contributed by atoms with Crippen LogP contribution in [0.5, 0.6) is 0 Å². The zero-order valence-corrected chi connectivity index (χ0v) is 19.4. The largest absolute Gasteiger partial charge is 0.376 e. The fourth-order valence-electron chi connectivity index (χ4n) is 4.08. The number of ether oxygens (including phenoxy) is 5. The number of aliphatic hydroxyl groups excluding tert-OH is 1. The van der Waals surface area contributed by atoms with Gasteiger partial charge in [-0.2, -0.15) is 0 Å². The SMILES string of the molecule is CO[C@@H]1[C@@H](OCc2ccccc2)[C@@H](O)O[C@H](COCc2ccccc2)[C@@H]1OCc1ccccc1. The van der Waals surface area contributed by atoms with E-state index in [1.807, 2.05) is 91.0 Å². The van der Waals surface area contributed by atoms with Crippen molar-refractivity contribution in [1.82, 2.24) is 0 Å². The van der Waals surface area contributed by atoms with E-state index in [-0.39, 0.29) is 6.61 Å². The van der Waals surface area contributed by atoms with Crippen molar-refractivity contribution < 1.29 is 28.8 Å².